The molecule has 7 nitrogen and oxygen atoms in total. The normalized spacial score (nSPS) is 15.3. The topological polar surface area (TPSA) is 75.1 Å². The highest BCUT2D eigenvalue weighted by molar-refractivity contribution is 7.14. The van der Waals surface area contributed by atoms with Crippen molar-refractivity contribution in [2.45, 2.75) is 6.92 Å². The Morgan fingerprint density at radius 1 is 1.29 bits per heavy atom. The van der Waals surface area contributed by atoms with E-state index in [1.54, 1.807) is 11.8 Å². The third-order valence-electron chi connectivity index (χ3n) is 3.21. The van der Waals surface area contributed by atoms with Crippen LogP contribution in [-0.2, 0) is 4.79 Å². The molecule has 0 bridgehead atoms. The Morgan fingerprint density at radius 2 is 2.05 bits per heavy atom. The van der Waals surface area contributed by atoms with E-state index in [0.717, 1.165) is 17.6 Å². The van der Waals surface area contributed by atoms with E-state index in [9.17, 15) is 9.18 Å². The van der Waals surface area contributed by atoms with Crippen LogP contribution in [0.4, 0.5) is 10.3 Å². The van der Waals surface area contributed by atoms with Crippen molar-refractivity contribution >= 4 is 23.7 Å². The fourth-order valence-electron chi connectivity index (χ4n) is 2.08. The molecule has 1 aliphatic heterocycles. The summed E-state index contributed by atoms with van der Waals surface area (Å²) in [7, 11) is 0. The van der Waals surface area contributed by atoms with Crippen LogP contribution in [0.25, 0.3) is 10.7 Å². The first-order chi connectivity index (χ1) is 10.2. The first kappa shape index (κ1) is 13.8. The number of hydrogen-bond acceptors (Lipinski definition) is 7. The van der Waals surface area contributed by atoms with Crippen LogP contribution in [0.15, 0.2) is 6.20 Å². The quantitative estimate of drug-likeness (QED) is 0.778. The summed E-state index contributed by atoms with van der Waals surface area (Å²) in [5.74, 6) is -0.0637. The summed E-state index contributed by atoms with van der Waals surface area (Å²) in [6, 6.07) is 0. The van der Waals surface area contributed by atoms with Gasteiger partial charge in [-0.3, -0.25) is 4.79 Å². The number of carbonyl (C=O) groups is 1. The minimum absolute atomic E-state index is 0.170. The molecule has 21 heavy (non-hydrogen) atoms. The number of rotatable bonds is 3. The van der Waals surface area contributed by atoms with Gasteiger partial charge in [-0.05, 0) is 6.92 Å². The van der Waals surface area contributed by atoms with Gasteiger partial charge < -0.3 is 9.80 Å². The summed E-state index contributed by atoms with van der Waals surface area (Å²) >= 11 is 1.29. The SMILES string of the molecule is Cc1nnc(-c2nc(N3CCN(C=O)CC3)ncc2F)s1. The third kappa shape index (κ3) is 2.82. The first-order valence-electron chi connectivity index (χ1n) is 6.44. The van der Waals surface area contributed by atoms with E-state index in [1.165, 1.54) is 11.3 Å². The molecule has 1 fully saturated rings. The third-order valence-corrected chi connectivity index (χ3v) is 4.05. The van der Waals surface area contributed by atoms with Gasteiger partial charge in [0.2, 0.25) is 12.4 Å². The van der Waals surface area contributed by atoms with E-state index in [2.05, 4.69) is 20.2 Å². The van der Waals surface area contributed by atoms with Gasteiger partial charge in [-0.2, -0.15) is 0 Å². The molecule has 9 heteroatoms. The number of nitrogens with zero attached hydrogens (tertiary/aromatic N) is 6. The Morgan fingerprint density at radius 3 is 2.67 bits per heavy atom. The zero-order chi connectivity index (χ0) is 14.8. The Bertz CT molecular complexity index is 655. The van der Waals surface area contributed by atoms with Crippen molar-refractivity contribution in [2.75, 3.05) is 31.1 Å². The maximum absolute atomic E-state index is 13.9. The van der Waals surface area contributed by atoms with Crippen molar-refractivity contribution in [1.29, 1.82) is 0 Å². The van der Waals surface area contributed by atoms with E-state index >= 15 is 0 Å². The van der Waals surface area contributed by atoms with Crippen molar-refractivity contribution in [3.05, 3.63) is 17.0 Å². The molecule has 3 heterocycles. The summed E-state index contributed by atoms with van der Waals surface area (Å²) in [6.45, 7) is 4.27. The van der Waals surface area contributed by atoms with Crippen molar-refractivity contribution in [3.8, 4) is 10.7 Å². The summed E-state index contributed by atoms with van der Waals surface area (Å²) in [5.41, 5.74) is 0.170. The molecule has 0 aromatic carbocycles. The molecule has 0 saturated carbocycles. The Hall–Kier alpha value is -2.16. The number of hydrogen-bond donors (Lipinski definition) is 0. The molecule has 0 unspecified atom stereocenters. The fraction of sp³-hybridized carbons (Fsp3) is 0.417. The number of aryl methyl sites for hydroxylation is 1. The highest BCUT2D eigenvalue weighted by Gasteiger charge is 2.20. The summed E-state index contributed by atoms with van der Waals surface area (Å²) < 4.78 is 13.9. The van der Waals surface area contributed by atoms with Crippen molar-refractivity contribution in [2.24, 2.45) is 0 Å². The predicted molar refractivity (Wildman–Crippen MR) is 75.5 cm³/mol. The number of aromatic nitrogens is 4. The van der Waals surface area contributed by atoms with Gasteiger partial charge in [0.05, 0.1) is 6.20 Å². The molecule has 1 aliphatic rings. The van der Waals surface area contributed by atoms with Crippen LogP contribution >= 0.6 is 11.3 Å². The lowest BCUT2D eigenvalue weighted by Crippen LogP contribution is -2.46. The molecule has 1 amide bonds. The van der Waals surface area contributed by atoms with Gasteiger partial charge in [0, 0.05) is 26.2 Å². The second kappa shape index (κ2) is 5.68. The van der Waals surface area contributed by atoms with Gasteiger partial charge in [0.15, 0.2) is 10.8 Å². The minimum atomic E-state index is -0.513. The van der Waals surface area contributed by atoms with Gasteiger partial charge in [-0.15, -0.1) is 10.2 Å². The van der Waals surface area contributed by atoms with Crippen LogP contribution in [0.1, 0.15) is 5.01 Å². The Kier molecular flexibility index (Phi) is 3.74. The van der Waals surface area contributed by atoms with Crippen molar-refractivity contribution in [1.82, 2.24) is 25.1 Å². The summed E-state index contributed by atoms with van der Waals surface area (Å²) in [4.78, 5) is 22.6. The van der Waals surface area contributed by atoms with Crippen LogP contribution in [0.2, 0.25) is 0 Å². The maximum Gasteiger partial charge on any atom is 0.226 e. The average molecular weight is 308 g/mol. The number of halogens is 1. The average Bonchev–Trinajstić information content (AvgIpc) is 2.94. The molecule has 3 rings (SSSR count). The zero-order valence-corrected chi connectivity index (χ0v) is 12.2. The van der Waals surface area contributed by atoms with Crippen LogP contribution in [0, 0.1) is 12.7 Å². The molecule has 0 atom stereocenters. The molecule has 2 aromatic heterocycles. The van der Waals surface area contributed by atoms with Crippen molar-refractivity contribution < 1.29 is 9.18 Å². The monoisotopic (exact) mass is 308 g/mol. The molecule has 0 radical (unpaired) electrons. The molecular weight excluding hydrogens is 295 g/mol. The predicted octanol–water partition coefficient (Wildman–Crippen LogP) is 0.721. The minimum Gasteiger partial charge on any atom is -0.342 e. The van der Waals surface area contributed by atoms with E-state index in [0.29, 0.717) is 37.1 Å². The highest BCUT2D eigenvalue weighted by Crippen LogP contribution is 2.25. The summed E-state index contributed by atoms with van der Waals surface area (Å²) in [5, 5.41) is 9.00. The standard InChI is InChI=1S/C12H13FN6OS/c1-8-16-17-11(21-8)10-9(13)6-14-12(15-10)19-4-2-18(7-20)3-5-19/h6-7H,2-5H2,1H3. The Labute approximate surface area is 124 Å². The molecule has 0 spiro atoms. The second-order valence-corrected chi connectivity index (χ2v) is 5.80. The van der Waals surface area contributed by atoms with Crippen molar-refractivity contribution in [3.63, 3.8) is 0 Å². The number of amides is 1. The molecule has 1 saturated heterocycles. The largest absolute Gasteiger partial charge is 0.342 e. The van der Waals surface area contributed by atoms with Gasteiger partial charge in [0.1, 0.15) is 10.7 Å². The fourth-order valence-corrected chi connectivity index (χ4v) is 2.76. The Balaban J connectivity index is 1.86. The second-order valence-electron chi connectivity index (χ2n) is 4.62. The molecule has 110 valence electrons. The lowest BCUT2D eigenvalue weighted by atomic mass is 10.3. The molecule has 0 aliphatic carbocycles. The summed E-state index contributed by atoms with van der Waals surface area (Å²) in [6.07, 6.45) is 1.98. The van der Waals surface area contributed by atoms with Crippen LogP contribution in [-0.4, -0.2) is 57.7 Å². The number of carbonyl (C=O) groups excluding carboxylic acids is 1. The van der Waals surface area contributed by atoms with E-state index in [-0.39, 0.29) is 5.69 Å². The molecule has 0 N–H and O–H groups in total. The highest BCUT2D eigenvalue weighted by atomic mass is 32.1. The van der Waals surface area contributed by atoms with Crippen LogP contribution < -0.4 is 4.90 Å². The van der Waals surface area contributed by atoms with Gasteiger partial charge in [-0.25, -0.2) is 14.4 Å². The van der Waals surface area contributed by atoms with Gasteiger partial charge >= 0.3 is 0 Å². The van der Waals surface area contributed by atoms with Gasteiger partial charge in [0.25, 0.3) is 0 Å². The van der Waals surface area contributed by atoms with Crippen LogP contribution in [0.5, 0.6) is 0 Å². The van der Waals surface area contributed by atoms with E-state index in [1.807, 2.05) is 4.90 Å². The van der Waals surface area contributed by atoms with E-state index in [4.69, 9.17) is 0 Å². The lowest BCUT2D eigenvalue weighted by Gasteiger charge is -2.32. The maximum atomic E-state index is 13.9. The van der Waals surface area contributed by atoms with Crippen LogP contribution in [0.3, 0.4) is 0 Å². The number of anilines is 1. The first-order valence-corrected chi connectivity index (χ1v) is 7.26. The molecular formula is C12H13FN6OS. The smallest absolute Gasteiger partial charge is 0.226 e. The van der Waals surface area contributed by atoms with Gasteiger partial charge in [-0.1, -0.05) is 11.3 Å². The lowest BCUT2D eigenvalue weighted by molar-refractivity contribution is -0.118. The molecule has 2 aromatic rings. The number of piperazine rings is 1. The van der Waals surface area contributed by atoms with E-state index < -0.39 is 5.82 Å². The zero-order valence-electron chi connectivity index (χ0n) is 11.4.